The van der Waals surface area contributed by atoms with Crippen LogP contribution in [0.3, 0.4) is 0 Å². The number of carbonyl (C=O) groups is 2. The van der Waals surface area contributed by atoms with Crippen molar-refractivity contribution < 1.29 is 9.59 Å². The van der Waals surface area contributed by atoms with E-state index in [0.29, 0.717) is 5.92 Å². The zero-order chi connectivity index (χ0) is 45.6. The third kappa shape index (κ3) is 8.71. The van der Waals surface area contributed by atoms with E-state index in [9.17, 15) is 14.4 Å². The van der Waals surface area contributed by atoms with Crippen LogP contribution in [0.25, 0.3) is 38.0 Å². The maximum Gasteiger partial charge on any atom is 0.275 e. The molecular formula is C56H68Cl2N6O3. The van der Waals surface area contributed by atoms with Gasteiger partial charge in [0.05, 0.1) is 23.0 Å². The largest absolute Gasteiger partial charge is 0.324 e. The van der Waals surface area contributed by atoms with E-state index in [0.717, 1.165) is 64.5 Å². The monoisotopic (exact) mass is 942 g/mol. The highest BCUT2D eigenvalue weighted by molar-refractivity contribution is 6.65. The normalized spacial score (nSPS) is 23.0. The Morgan fingerprint density at radius 2 is 1.19 bits per heavy atom. The maximum absolute atomic E-state index is 13.3. The predicted molar refractivity (Wildman–Crippen MR) is 285 cm³/mol. The van der Waals surface area contributed by atoms with Gasteiger partial charge in [0.15, 0.2) is 5.78 Å². The lowest BCUT2D eigenvalue weighted by Crippen LogP contribution is -2.34. The lowest BCUT2D eigenvalue weighted by molar-refractivity contribution is -0.135. The van der Waals surface area contributed by atoms with Crippen LogP contribution in [0.15, 0.2) is 137 Å². The molecule has 7 aromatic rings. The summed E-state index contributed by atoms with van der Waals surface area (Å²) in [6.07, 6.45) is 5.89. The van der Waals surface area contributed by atoms with Gasteiger partial charge in [-0.2, -0.15) is 5.10 Å². The number of ketones is 1. The topological polar surface area (TPSA) is 134 Å². The van der Waals surface area contributed by atoms with E-state index >= 15 is 0 Å². The number of nitrogens with one attached hydrogen (secondary N) is 3. The third-order valence-electron chi connectivity index (χ3n) is 15.9. The van der Waals surface area contributed by atoms with Gasteiger partial charge < -0.3 is 5.43 Å². The number of Topliss-reactive ketones (excluding diaryl/α,β-unsaturated/α-hetero) is 1. The summed E-state index contributed by atoms with van der Waals surface area (Å²) in [6.45, 7) is 15.0. The van der Waals surface area contributed by atoms with Crippen LogP contribution in [0.4, 0.5) is 11.4 Å². The fraction of sp³-hybridized carbons (Fsp3) is 0.357. The number of hydrogen-bond donors (Lipinski definition) is 4. The molecule has 0 radical (unpaired) electrons. The summed E-state index contributed by atoms with van der Waals surface area (Å²) < 4.78 is 1.78. The molecule has 3 fully saturated rings. The number of H-pyrrole nitrogens is 1. The average Bonchev–Trinajstić information content (AvgIpc) is 3.94. The molecule has 1 heterocycles. The van der Waals surface area contributed by atoms with Crippen molar-refractivity contribution in [1.82, 2.24) is 9.78 Å². The number of anilines is 2. The predicted octanol–water partition coefficient (Wildman–Crippen LogP) is 14.0. The highest BCUT2D eigenvalue weighted by Crippen LogP contribution is 2.67. The van der Waals surface area contributed by atoms with Crippen molar-refractivity contribution in [3.8, 4) is 5.69 Å². The zero-order valence-corrected chi connectivity index (χ0v) is 39.8. The molecule has 5 N–H and O–H groups in total. The number of benzene rings is 6. The van der Waals surface area contributed by atoms with Crippen molar-refractivity contribution in [2.75, 3.05) is 10.9 Å². The van der Waals surface area contributed by atoms with Gasteiger partial charge in [0.2, 0.25) is 5.24 Å². The van der Waals surface area contributed by atoms with Gasteiger partial charge in [-0.25, -0.2) is 4.68 Å². The van der Waals surface area contributed by atoms with Gasteiger partial charge >= 0.3 is 0 Å². The van der Waals surface area contributed by atoms with Crippen molar-refractivity contribution in [2.24, 2.45) is 39.0 Å². The lowest BCUT2D eigenvalue weighted by atomic mass is 9.70. The Labute approximate surface area is 407 Å². The molecule has 1 aromatic heterocycles. The minimum atomic E-state index is -0.537. The van der Waals surface area contributed by atoms with Crippen LogP contribution in [0.5, 0.6) is 0 Å². The number of hydrazine groups is 1. The molecule has 5 atom stereocenters. The molecule has 11 heteroatoms. The van der Waals surface area contributed by atoms with Crippen molar-refractivity contribution in [1.29, 1.82) is 0 Å². The number of aromatic amines is 1. The summed E-state index contributed by atoms with van der Waals surface area (Å²) >= 11 is 5.50. The Morgan fingerprint density at radius 3 is 1.70 bits per heavy atom. The minimum Gasteiger partial charge on any atom is -0.324 e. The molecular weight excluding hydrogens is 876 g/mol. The fourth-order valence-corrected chi connectivity index (χ4v) is 11.6. The number of rotatable bonds is 5. The molecule has 3 saturated carbocycles. The SMILES string of the molecule is C.C.C/C=N/Nc1cccc2ccccc12.CC1(C)[C@@H]2CC[C@@]1(C)C(=O)C2C(=O)Cl.CC1(C)[C@@H]2CC[C@@]1(C)c1[nH]n(-c3cccc4ccccc34)c(=O)c12.Cl.NNc1cccc2ccccc12. The molecule has 9 nitrogen and oxygen atoms in total. The summed E-state index contributed by atoms with van der Waals surface area (Å²) in [7, 11) is 0. The van der Waals surface area contributed by atoms with Gasteiger partial charge in [0, 0.05) is 44.5 Å². The molecule has 0 saturated heterocycles. The first-order chi connectivity index (χ1) is 30.6. The molecule has 4 bridgehead atoms. The Hall–Kier alpha value is -5.74. The fourth-order valence-electron chi connectivity index (χ4n) is 11.4. The summed E-state index contributed by atoms with van der Waals surface area (Å²) in [5.41, 5.74) is 10.8. The molecule has 0 spiro atoms. The molecule has 4 aliphatic rings. The van der Waals surface area contributed by atoms with E-state index in [2.05, 4.69) is 104 Å². The van der Waals surface area contributed by atoms with E-state index in [-0.39, 0.29) is 66.2 Å². The number of hydrogen-bond acceptors (Lipinski definition) is 7. The van der Waals surface area contributed by atoms with Gasteiger partial charge in [-0.3, -0.25) is 30.8 Å². The van der Waals surface area contributed by atoms with Crippen LogP contribution >= 0.6 is 24.0 Å². The van der Waals surface area contributed by atoms with Gasteiger partial charge in [-0.15, -0.1) is 12.4 Å². The molecule has 1 unspecified atom stereocenters. The first kappa shape index (κ1) is 52.2. The van der Waals surface area contributed by atoms with Crippen molar-refractivity contribution in [2.45, 2.75) is 100 Å². The maximum atomic E-state index is 13.3. The van der Waals surface area contributed by atoms with Crippen LogP contribution in [0, 0.1) is 28.1 Å². The summed E-state index contributed by atoms with van der Waals surface area (Å²) in [5.74, 6) is 5.43. The Bertz CT molecular complexity index is 2980. The van der Waals surface area contributed by atoms with Crippen molar-refractivity contribution in [3.63, 3.8) is 0 Å². The number of nitrogens with zero attached hydrogens (tertiary/aromatic N) is 2. The van der Waals surface area contributed by atoms with Gasteiger partial charge in [-0.05, 0) is 101 Å². The number of carbonyl (C=O) groups excluding carboxylic acids is 2. The third-order valence-corrected chi connectivity index (χ3v) is 16.1. The smallest absolute Gasteiger partial charge is 0.275 e. The lowest BCUT2D eigenvalue weighted by Gasteiger charge is -2.34. The van der Waals surface area contributed by atoms with Crippen LogP contribution < -0.4 is 22.3 Å². The molecule has 0 aliphatic heterocycles. The average molecular weight is 944 g/mol. The van der Waals surface area contributed by atoms with Crippen LogP contribution in [-0.2, 0) is 15.0 Å². The number of aromatic nitrogens is 2. The summed E-state index contributed by atoms with van der Waals surface area (Å²) in [6, 6.07) is 42.9. The number of fused-ring (bicyclic) bond motifs is 10. The molecule has 354 valence electrons. The van der Waals surface area contributed by atoms with E-state index in [4.69, 9.17) is 17.4 Å². The number of halogens is 2. The van der Waals surface area contributed by atoms with Gasteiger partial charge in [0.25, 0.3) is 5.56 Å². The first-order valence-corrected chi connectivity index (χ1v) is 22.7. The molecule has 6 aromatic carbocycles. The number of hydrazone groups is 1. The number of nitrogens with two attached hydrogens (primary N) is 1. The molecule has 67 heavy (non-hydrogen) atoms. The second kappa shape index (κ2) is 20.2. The summed E-state index contributed by atoms with van der Waals surface area (Å²) in [4.78, 5) is 36.5. The van der Waals surface area contributed by atoms with Crippen molar-refractivity contribution in [3.05, 3.63) is 149 Å². The van der Waals surface area contributed by atoms with Crippen molar-refractivity contribution >= 4 is 84.9 Å². The second-order valence-electron chi connectivity index (χ2n) is 19.2. The van der Waals surface area contributed by atoms with Crippen LogP contribution in [0.2, 0.25) is 0 Å². The highest BCUT2D eigenvalue weighted by Gasteiger charge is 2.67. The van der Waals surface area contributed by atoms with E-state index in [1.165, 1.54) is 21.9 Å². The zero-order valence-electron chi connectivity index (χ0n) is 38.2. The van der Waals surface area contributed by atoms with Gasteiger partial charge in [-0.1, -0.05) is 166 Å². The minimum absolute atomic E-state index is 0. The first-order valence-electron chi connectivity index (χ1n) is 22.3. The van der Waals surface area contributed by atoms with Crippen LogP contribution in [0.1, 0.15) is 106 Å². The van der Waals surface area contributed by atoms with E-state index < -0.39 is 11.2 Å². The Kier molecular flexibility index (Phi) is 15.8. The van der Waals surface area contributed by atoms with Gasteiger partial charge in [0.1, 0.15) is 0 Å². The Morgan fingerprint density at radius 1 is 0.701 bits per heavy atom. The molecule has 0 amide bonds. The second-order valence-corrected chi connectivity index (χ2v) is 19.6. The number of nitrogen functional groups attached to an aromatic ring is 1. The molecule has 11 rings (SSSR count). The molecule has 4 aliphatic carbocycles. The van der Waals surface area contributed by atoms with Crippen LogP contribution in [-0.4, -0.2) is 27.0 Å². The van der Waals surface area contributed by atoms with E-state index in [1.54, 1.807) is 10.9 Å². The highest BCUT2D eigenvalue weighted by atomic mass is 35.5. The summed E-state index contributed by atoms with van der Waals surface area (Å²) in [5, 5.41) is 14.1. The Balaban J connectivity index is 0.000000172. The standard InChI is InChI=1S/C21H22N2O.C12H12N2.C11H15ClO2.C10H10N2.2CH4.ClH/c1-20(2)15-11-12-21(20,3)18-17(15)19(24)23(22-18)16-10-6-8-13-7-4-5-9-14(13)16;1-2-13-14-12-9-5-7-10-6-3-4-8-11(10)12;1-10(2)6-4-5-11(10,3)8(13)7(6)9(12)14;11-12-10-7-3-5-8-4-1-2-6-9(8)10;;;/h4-10,15,22H,11-12H2,1-3H3;2-9,14H,1H3;6-7H,4-5H2,1-3H3;1-7,12H,11H2;2*1H4;1H/b;13-2+;;;;;/t15-,21+;;6-,7?,11+;;;;/m1.1..../s1. The van der Waals surface area contributed by atoms with E-state index in [1.807, 2.05) is 92.7 Å². The quantitative estimate of drug-likeness (QED) is 0.0446.